The van der Waals surface area contributed by atoms with Gasteiger partial charge in [-0.25, -0.2) is 0 Å². The molecule has 0 atom stereocenters. The number of rotatable bonds is 5. The van der Waals surface area contributed by atoms with E-state index in [1.165, 1.54) is 11.1 Å². The molecular formula is C18H21NO2. The first-order chi connectivity index (χ1) is 10.0. The Hall–Kier alpha value is -2.29. The van der Waals surface area contributed by atoms with Crippen molar-refractivity contribution in [3.8, 4) is 5.75 Å². The number of Topliss-reactive ketones (excluding diaryl/α,β-unsaturated/α-hetero) is 1. The molecule has 0 aliphatic carbocycles. The van der Waals surface area contributed by atoms with E-state index >= 15 is 0 Å². The van der Waals surface area contributed by atoms with Crippen LogP contribution in [0.4, 0.5) is 5.69 Å². The maximum absolute atomic E-state index is 12.0. The van der Waals surface area contributed by atoms with Crippen molar-refractivity contribution < 1.29 is 9.53 Å². The first-order valence-electron chi connectivity index (χ1n) is 6.98. The van der Waals surface area contributed by atoms with Crippen LogP contribution < -0.4 is 9.64 Å². The van der Waals surface area contributed by atoms with Crippen molar-refractivity contribution in [2.45, 2.75) is 20.4 Å². The van der Waals surface area contributed by atoms with Gasteiger partial charge in [0.1, 0.15) is 5.75 Å². The molecule has 0 amide bonds. The van der Waals surface area contributed by atoms with E-state index in [1.54, 1.807) is 14.0 Å². The number of benzene rings is 2. The van der Waals surface area contributed by atoms with Crippen molar-refractivity contribution in [3.05, 3.63) is 59.2 Å². The number of carbonyl (C=O) groups excluding carboxylic acids is 1. The molecule has 0 aliphatic heterocycles. The Morgan fingerprint density at radius 2 is 1.86 bits per heavy atom. The van der Waals surface area contributed by atoms with E-state index in [0.29, 0.717) is 11.3 Å². The van der Waals surface area contributed by atoms with Crippen LogP contribution >= 0.6 is 0 Å². The number of nitrogens with zero attached hydrogens (tertiary/aromatic N) is 1. The lowest BCUT2D eigenvalue weighted by Crippen LogP contribution is -2.20. The Kier molecular flexibility index (Phi) is 4.63. The highest BCUT2D eigenvalue weighted by molar-refractivity contribution is 6.02. The molecule has 0 saturated carbocycles. The summed E-state index contributed by atoms with van der Waals surface area (Å²) in [6.45, 7) is 4.42. The third kappa shape index (κ3) is 3.24. The summed E-state index contributed by atoms with van der Waals surface area (Å²) >= 11 is 0. The first-order valence-corrected chi connectivity index (χ1v) is 6.98. The van der Waals surface area contributed by atoms with Gasteiger partial charge in [0, 0.05) is 13.6 Å². The lowest BCUT2D eigenvalue weighted by atomic mass is 10.1. The van der Waals surface area contributed by atoms with Crippen LogP contribution in [0.25, 0.3) is 0 Å². The normalized spacial score (nSPS) is 10.3. The molecule has 0 bridgehead atoms. The molecule has 2 aromatic carbocycles. The van der Waals surface area contributed by atoms with Gasteiger partial charge in [-0.05, 0) is 37.1 Å². The summed E-state index contributed by atoms with van der Waals surface area (Å²) in [4.78, 5) is 14.0. The lowest BCUT2D eigenvalue weighted by Gasteiger charge is -2.23. The highest BCUT2D eigenvalue weighted by Gasteiger charge is 2.16. The van der Waals surface area contributed by atoms with Gasteiger partial charge in [0.2, 0.25) is 0 Å². The van der Waals surface area contributed by atoms with E-state index in [-0.39, 0.29) is 5.78 Å². The van der Waals surface area contributed by atoms with Gasteiger partial charge in [0.25, 0.3) is 0 Å². The molecule has 0 radical (unpaired) electrons. The fourth-order valence-corrected chi connectivity index (χ4v) is 2.49. The van der Waals surface area contributed by atoms with E-state index in [9.17, 15) is 4.79 Å². The Labute approximate surface area is 126 Å². The molecule has 21 heavy (non-hydrogen) atoms. The number of ether oxygens (including phenoxy) is 1. The predicted molar refractivity (Wildman–Crippen MR) is 86.3 cm³/mol. The van der Waals surface area contributed by atoms with E-state index in [1.807, 2.05) is 37.4 Å². The van der Waals surface area contributed by atoms with E-state index in [4.69, 9.17) is 4.74 Å². The average molecular weight is 283 g/mol. The number of carbonyl (C=O) groups is 1. The predicted octanol–water partition coefficient (Wildman–Crippen LogP) is 3.84. The maximum Gasteiger partial charge on any atom is 0.165 e. The molecule has 0 unspecified atom stereocenters. The molecule has 3 nitrogen and oxygen atoms in total. The summed E-state index contributed by atoms with van der Waals surface area (Å²) < 4.78 is 5.32. The number of aryl methyl sites for hydroxylation is 1. The van der Waals surface area contributed by atoms with Crippen LogP contribution in [0.3, 0.4) is 0 Å². The van der Waals surface area contributed by atoms with Gasteiger partial charge >= 0.3 is 0 Å². The van der Waals surface area contributed by atoms with Crippen LogP contribution in [0.1, 0.15) is 28.4 Å². The van der Waals surface area contributed by atoms with Gasteiger partial charge in [-0.2, -0.15) is 0 Å². The van der Waals surface area contributed by atoms with E-state index in [2.05, 4.69) is 24.0 Å². The SMILES string of the molecule is COc1cccc(N(C)Cc2ccccc2C)c1C(C)=O. The van der Waals surface area contributed by atoms with Crippen molar-refractivity contribution in [1.82, 2.24) is 0 Å². The number of anilines is 1. The third-order valence-corrected chi connectivity index (χ3v) is 3.66. The molecule has 110 valence electrons. The van der Waals surface area contributed by atoms with Gasteiger partial charge in [-0.15, -0.1) is 0 Å². The molecule has 0 fully saturated rings. The van der Waals surface area contributed by atoms with Crippen LogP contribution in [0.5, 0.6) is 5.75 Å². The standard InChI is InChI=1S/C18H21NO2/c1-13-8-5-6-9-15(13)12-19(3)16-10-7-11-17(21-4)18(16)14(2)20/h5-11H,12H2,1-4H3. The minimum Gasteiger partial charge on any atom is -0.496 e. The molecule has 0 spiro atoms. The van der Waals surface area contributed by atoms with Crippen LogP contribution in [0.15, 0.2) is 42.5 Å². The summed E-state index contributed by atoms with van der Waals surface area (Å²) in [5.74, 6) is 0.635. The molecule has 0 saturated heterocycles. The molecule has 0 heterocycles. The molecular weight excluding hydrogens is 262 g/mol. The number of hydrogen-bond donors (Lipinski definition) is 0. The van der Waals surface area contributed by atoms with Gasteiger partial charge in [0.05, 0.1) is 18.4 Å². The third-order valence-electron chi connectivity index (χ3n) is 3.66. The summed E-state index contributed by atoms with van der Waals surface area (Å²) in [7, 11) is 3.58. The van der Waals surface area contributed by atoms with Crippen LogP contribution in [0, 0.1) is 6.92 Å². The van der Waals surface area contributed by atoms with Gasteiger partial charge < -0.3 is 9.64 Å². The second-order valence-electron chi connectivity index (χ2n) is 5.19. The lowest BCUT2D eigenvalue weighted by molar-refractivity contribution is 0.101. The first kappa shape index (κ1) is 15.1. The largest absolute Gasteiger partial charge is 0.496 e. The van der Waals surface area contributed by atoms with Gasteiger partial charge in [-0.3, -0.25) is 4.79 Å². The zero-order valence-electron chi connectivity index (χ0n) is 13.0. The van der Waals surface area contributed by atoms with Gasteiger partial charge in [-0.1, -0.05) is 30.3 Å². The van der Waals surface area contributed by atoms with Crippen molar-refractivity contribution in [1.29, 1.82) is 0 Å². The highest BCUT2D eigenvalue weighted by Crippen LogP contribution is 2.30. The van der Waals surface area contributed by atoms with Crippen LogP contribution in [-0.4, -0.2) is 19.9 Å². The van der Waals surface area contributed by atoms with E-state index < -0.39 is 0 Å². The second kappa shape index (κ2) is 6.44. The minimum absolute atomic E-state index is 0.0130. The second-order valence-corrected chi connectivity index (χ2v) is 5.19. The Morgan fingerprint density at radius 1 is 1.14 bits per heavy atom. The van der Waals surface area contributed by atoms with Gasteiger partial charge in [0.15, 0.2) is 5.78 Å². The topological polar surface area (TPSA) is 29.5 Å². The maximum atomic E-state index is 12.0. The fourth-order valence-electron chi connectivity index (χ4n) is 2.49. The van der Waals surface area contributed by atoms with Crippen LogP contribution in [0.2, 0.25) is 0 Å². The minimum atomic E-state index is 0.0130. The van der Waals surface area contributed by atoms with Crippen molar-refractivity contribution in [2.24, 2.45) is 0 Å². The summed E-state index contributed by atoms with van der Waals surface area (Å²) in [5.41, 5.74) is 4.02. The smallest absolute Gasteiger partial charge is 0.165 e. The fraction of sp³-hybridized carbons (Fsp3) is 0.278. The molecule has 3 heteroatoms. The number of hydrogen-bond acceptors (Lipinski definition) is 3. The zero-order chi connectivity index (χ0) is 15.4. The van der Waals surface area contributed by atoms with Crippen LogP contribution in [-0.2, 0) is 6.54 Å². The summed E-state index contributed by atoms with van der Waals surface area (Å²) in [6.07, 6.45) is 0. The highest BCUT2D eigenvalue weighted by atomic mass is 16.5. The number of ketones is 1. The Balaban J connectivity index is 2.37. The monoisotopic (exact) mass is 283 g/mol. The number of methoxy groups -OCH3 is 1. The average Bonchev–Trinajstić information content (AvgIpc) is 2.48. The quantitative estimate of drug-likeness (QED) is 0.781. The van der Waals surface area contributed by atoms with Crippen molar-refractivity contribution >= 4 is 11.5 Å². The Bertz CT molecular complexity index is 649. The Morgan fingerprint density at radius 3 is 2.48 bits per heavy atom. The summed E-state index contributed by atoms with van der Waals surface area (Å²) in [6, 6.07) is 14.0. The molecule has 0 aliphatic rings. The molecule has 2 rings (SSSR count). The molecule has 2 aromatic rings. The van der Waals surface area contributed by atoms with Crippen molar-refractivity contribution in [2.75, 3.05) is 19.1 Å². The summed E-state index contributed by atoms with van der Waals surface area (Å²) in [5, 5.41) is 0. The molecule has 0 N–H and O–H groups in total. The molecule has 0 aromatic heterocycles. The van der Waals surface area contributed by atoms with E-state index in [0.717, 1.165) is 12.2 Å². The zero-order valence-corrected chi connectivity index (χ0v) is 13.0. The van der Waals surface area contributed by atoms with Crippen molar-refractivity contribution in [3.63, 3.8) is 0 Å².